The van der Waals surface area contributed by atoms with Gasteiger partial charge >= 0.3 is 0 Å². The Bertz CT molecular complexity index is 1230. The molecular weight excluding hydrogens is 482 g/mol. The Morgan fingerprint density at radius 3 is 2.34 bits per heavy atom. The summed E-state index contributed by atoms with van der Waals surface area (Å²) in [5, 5.41) is 4.49. The fourth-order valence-electron chi connectivity index (χ4n) is 4.54. The number of aromatic nitrogens is 2. The van der Waals surface area contributed by atoms with Crippen LogP contribution in [0.15, 0.2) is 66.7 Å². The van der Waals surface area contributed by atoms with E-state index in [-0.39, 0.29) is 36.4 Å². The quantitative estimate of drug-likeness (QED) is 0.390. The molecular formula is C29H35N5O4. The molecule has 9 nitrogen and oxygen atoms in total. The van der Waals surface area contributed by atoms with E-state index in [0.717, 1.165) is 17.5 Å². The number of hydrogen-bond donors (Lipinski definition) is 0. The second-order valence-electron chi connectivity index (χ2n) is 9.47. The van der Waals surface area contributed by atoms with E-state index in [1.165, 1.54) is 0 Å². The van der Waals surface area contributed by atoms with Crippen molar-refractivity contribution in [2.24, 2.45) is 0 Å². The standard InChI is InChI=1S/C29H35N5O4/c1-31(21-23-10-5-3-6-11-23)27(35)14-17-32(18-19-38-2)28(36)25-20-26-29(37)33(15-9-16-34(26)30-25)22-24-12-7-4-8-13-24/h3-8,10-13,20H,9,14-19,21-22H2,1-2H3. The third-order valence-electron chi connectivity index (χ3n) is 6.66. The van der Waals surface area contributed by atoms with E-state index in [1.807, 2.05) is 60.7 Å². The van der Waals surface area contributed by atoms with Crippen LogP contribution in [0.1, 0.15) is 44.9 Å². The van der Waals surface area contributed by atoms with Crippen molar-refractivity contribution >= 4 is 17.7 Å². The van der Waals surface area contributed by atoms with Crippen LogP contribution in [-0.4, -0.2) is 82.6 Å². The number of fused-ring (bicyclic) bond motifs is 1. The molecule has 0 radical (unpaired) electrons. The summed E-state index contributed by atoms with van der Waals surface area (Å²) >= 11 is 0. The van der Waals surface area contributed by atoms with Crippen molar-refractivity contribution < 1.29 is 19.1 Å². The average Bonchev–Trinajstić information content (AvgIpc) is 3.31. The molecule has 3 aromatic rings. The minimum absolute atomic E-state index is 0.0589. The van der Waals surface area contributed by atoms with Gasteiger partial charge in [-0.15, -0.1) is 0 Å². The Morgan fingerprint density at radius 1 is 0.974 bits per heavy atom. The molecule has 38 heavy (non-hydrogen) atoms. The van der Waals surface area contributed by atoms with Crippen molar-refractivity contribution in [3.05, 3.63) is 89.2 Å². The number of ether oxygens (including phenoxy) is 1. The van der Waals surface area contributed by atoms with Crippen molar-refractivity contribution in [3.8, 4) is 0 Å². The molecule has 0 spiro atoms. The number of carbonyl (C=O) groups excluding carboxylic acids is 3. The fourth-order valence-corrected chi connectivity index (χ4v) is 4.54. The molecule has 1 aliphatic heterocycles. The number of methoxy groups -OCH3 is 1. The third kappa shape index (κ3) is 6.86. The van der Waals surface area contributed by atoms with Gasteiger partial charge in [0.05, 0.1) is 6.61 Å². The predicted molar refractivity (Wildman–Crippen MR) is 143 cm³/mol. The third-order valence-corrected chi connectivity index (χ3v) is 6.66. The fraction of sp³-hybridized carbons (Fsp3) is 0.379. The minimum atomic E-state index is -0.316. The minimum Gasteiger partial charge on any atom is -0.383 e. The lowest BCUT2D eigenvalue weighted by Crippen LogP contribution is -2.38. The maximum absolute atomic E-state index is 13.5. The normalized spacial score (nSPS) is 13.1. The van der Waals surface area contributed by atoms with Crippen LogP contribution in [0.25, 0.3) is 0 Å². The Labute approximate surface area is 223 Å². The molecule has 0 saturated carbocycles. The SMILES string of the molecule is COCCN(CCC(=O)N(C)Cc1ccccc1)C(=O)c1cc2n(n1)CCCN(Cc1ccccc1)C2=O. The first kappa shape index (κ1) is 27.1. The van der Waals surface area contributed by atoms with Gasteiger partial charge in [0, 0.05) is 65.9 Å². The highest BCUT2D eigenvalue weighted by Gasteiger charge is 2.28. The second-order valence-corrected chi connectivity index (χ2v) is 9.47. The van der Waals surface area contributed by atoms with Crippen molar-refractivity contribution in [1.82, 2.24) is 24.5 Å². The lowest BCUT2D eigenvalue weighted by Gasteiger charge is -2.23. The molecule has 0 bridgehead atoms. The Hall–Kier alpha value is -3.98. The molecule has 2 heterocycles. The average molecular weight is 518 g/mol. The maximum atomic E-state index is 13.5. The summed E-state index contributed by atoms with van der Waals surface area (Å²) in [6.45, 7) is 3.07. The molecule has 0 aliphatic carbocycles. The number of rotatable bonds is 11. The van der Waals surface area contributed by atoms with Crippen molar-refractivity contribution in [3.63, 3.8) is 0 Å². The molecule has 0 saturated heterocycles. The van der Waals surface area contributed by atoms with E-state index in [4.69, 9.17) is 4.74 Å². The Balaban J connectivity index is 1.43. The summed E-state index contributed by atoms with van der Waals surface area (Å²) in [6, 6.07) is 21.2. The first-order valence-corrected chi connectivity index (χ1v) is 12.9. The zero-order chi connectivity index (χ0) is 26.9. The number of amides is 3. The predicted octanol–water partition coefficient (Wildman–Crippen LogP) is 3.07. The largest absolute Gasteiger partial charge is 0.383 e. The molecule has 1 aromatic heterocycles. The van der Waals surface area contributed by atoms with E-state index < -0.39 is 0 Å². The van der Waals surface area contributed by atoms with E-state index in [1.54, 1.807) is 39.6 Å². The molecule has 0 N–H and O–H groups in total. The van der Waals surface area contributed by atoms with Crippen LogP contribution in [0.2, 0.25) is 0 Å². The van der Waals surface area contributed by atoms with Gasteiger partial charge < -0.3 is 19.4 Å². The molecule has 0 fully saturated rings. The molecule has 3 amide bonds. The number of nitrogens with zero attached hydrogens (tertiary/aromatic N) is 5. The lowest BCUT2D eigenvalue weighted by atomic mass is 10.2. The van der Waals surface area contributed by atoms with Gasteiger partial charge in [0.2, 0.25) is 5.91 Å². The van der Waals surface area contributed by atoms with Crippen LogP contribution >= 0.6 is 0 Å². The number of benzene rings is 2. The molecule has 0 unspecified atom stereocenters. The first-order chi connectivity index (χ1) is 18.5. The highest BCUT2D eigenvalue weighted by Crippen LogP contribution is 2.18. The van der Waals surface area contributed by atoms with Gasteiger partial charge in [-0.3, -0.25) is 19.1 Å². The lowest BCUT2D eigenvalue weighted by molar-refractivity contribution is -0.130. The molecule has 9 heteroatoms. The van der Waals surface area contributed by atoms with Gasteiger partial charge in [-0.2, -0.15) is 5.10 Å². The molecule has 0 atom stereocenters. The number of aryl methyl sites for hydroxylation is 1. The summed E-state index contributed by atoms with van der Waals surface area (Å²) in [6.07, 6.45) is 0.923. The number of carbonyl (C=O) groups is 3. The zero-order valence-electron chi connectivity index (χ0n) is 22.1. The van der Waals surface area contributed by atoms with Crippen LogP contribution in [0.4, 0.5) is 0 Å². The van der Waals surface area contributed by atoms with E-state index in [9.17, 15) is 14.4 Å². The summed E-state index contributed by atoms with van der Waals surface area (Å²) < 4.78 is 6.83. The van der Waals surface area contributed by atoms with Gasteiger partial charge in [-0.1, -0.05) is 60.7 Å². The smallest absolute Gasteiger partial charge is 0.274 e. The second kappa shape index (κ2) is 13.0. The van der Waals surface area contributed by atoms with Crippen LogP contribution in [0, 0.1) is 0 Å². The van der Waals surface area contributed by atoms with Crippen molar-refractivity contribution in [1.29, 1.82) is 0 Å². The monoisotopic (exact) mass is 517 g/mol. The summed E-state index contributed by atoms with van der Waals surface area (Å²) in [7, 11) is 3.33. The molecule has 1 aliphatic rings. The summed E-state index contributed by atoms with van der Waals surface area (Å²) in [5.41, 5.74) is 2.71. The van der Waals surface area contributed by atoms with Crippen LogP contribution in [0.3, 0.4) is 0 Å². The first-order valence-electron chi connectivity index (χ1n) is 12.9. The van der Waals surface area contributed by atoms with Crippen LogP contribution < -0.4 is 0 Å². The van der Waals surface area contributed by atoms with Crippen LogP contribution in [0.5, 0.6) is 0 Å². The van der Waals surface area contributed by atoms with Gasteiger partial charge in [0.25, 0.3) is 11.8 Å². The molecule has 2 aromatic carbocycles. The highest BCUT2D eigenvalue weighted by atomic mass is 16.5. The van der Waals surface area contributed by atoms with Gasteiger partial charge in [0.1, 0.15) is 5.69 Å². The van der Waals surface area contributed by atoms with Crippen molar-refractivity contribution in [2.75, 3.05) is 40.4 Å². The summed E-state index contributed by atoms with van der Waals surface area (Å²) in [5.74, 6) is -0.515. The highest BCUT2D eigenvalue weighted by molar-refractivity contribution is 5.98. The maximum Gasteiger partial charge on any atom is 0.274 e. The van der Waals surface area contributed by atoms with Crippen molar-refractivity contribution in [2.45, 2.75) is 32.5 Å². The summed E-state index contributed by atoms with van der Waals surface area (Å²) in [4.78, 5) is 44.6. The van der Waals surface area contributed by atoms with Gasteiger partial charge in [-0.25, -0.2) is 0 Å². The van der Waals surface area contributed by atoms with E-state index in [2.05, 4.69) is 5.10 Å². The van der Waals surface area contributed by atoms with Gasteiger partial charge in [-0.05, 0) is 17.5 Å². The van der Waals surface area contributed by atoms with E-state index in [0.29, 0.717) is 45.0 Å². The Morgan fingerprint density at radius 2 is 1.66 bits per heavy atom. The number of hydrogen-bond acceptors (Lipinski definition) is 5. The van der Waals surface area contributed by atoms with Crippen LogP contribution in [-0.2, 0) is 29.2 Å². The molecule has 4 rings (SSSR count). The Kier molecular flexibility index (Phi) is 9.26. The molecule has 200 valence electrons. The van der Waals surface area contributed by atoms with Gasteiger partial charge in [0.15, 0.2) is 5.69 Å². The zero-order valence-corrected chi connectivity index (χ0v) is 22.1. The van der Waals surface area contributed by atoms with E-state index >= 15 is 0 Å². The topological polar surface area (TPSA) is 88.0 Å².